The van der Waals surface area contributed by atoms with Crippen LogP contribution in [-0.4, -0.2) is 37.2 Å². The minimum Gasteiger partial charge on any atom is -0.382 e. The molecule has 0 bridgehead atoms. The van der Waals surface area contributed by atoms with Crippen molar-refractivity contribution in [3.05, 3.63) is 64.9 Å². The number of amides is 1. The van der Waals surface area contributed by atoms with Crippen molar-refractivity contribution < 1.29 is 18.0 Å². The second kappa shape index (κ2) is 6.91. The van der Waals surface area contributed by atoms with Crippen LogP contribution in [0, 0.1) is 6.92 Å². The Morgan fingerprint density at radius 2 is 2.00 bits per heavy atom. The number of anilines is 1. The molecule has 10 heteroatoms. The van der Waals surface area contributed by atoms with E-state index in [0.29, 0.717) is 52.0 Å². The van der Waals surface area contributed by atoms with Gasteiger partial charge in [-0.3, -0.25) is 9.20 Å². The third-order valence-electron chi connectivity index (χ3n) is 6.02. The van der Waals surface area contributed by atoms with Gasteiger partial charge in [0.2, 0.25) is 0 Å². The second-order valence-corrected chi connectivity index (χ2v) is 7.95. The molecule has 0 unspecified atom stereocenters. The van der Waals surface area contributed by atoms with Crippen LogP contribution in [0.5, 0.6) is 0 Å². The number of nitrogens with zero attached hydrogens (tertiary/aromatic N) is 5. The fourth-order valence-electron chi connectivity index (χ4n) is 4.41. The lowest BCUT2D eigenvalue weighted by molar-refractivity contribution is -0.141. The van der Waals surface area contributed by atoms with Crippen LogP contribution in [-0.2, 0) is 12.6 Å². The Morgan fingerprint density at radius 3 is 2.75 bits per heavy atom. The zero-order valence-corrected chi connectivity index (χ0v) is 17.3. The van der Waals surface area contributed by atoms with Crippen molar-refractivity contribution in [3.8, 4) is 0 Å². The van der Waals surface area contributed by atoms with E-state index in [0.717, 1.165) is 11.8 Å². The normalized spacial score (nSPS) is 16.0. The number of halogens is 3. The lowest BCUT2D eigenvalue weighted by Gasteiger charge is -2.25. The number of aromatic nitrogens is 4. The van der Waals surface area contributed by atoms with Crippen molar-refractivity contribution >= 4 is 28.3 Å². The molecule has 0 aliphatic heterocycles. The molecule has 1 aromatic carbocycles. The molecule has 4 aromatic rings. The third kappa shape index (κ3) is 3.05. The van der Waals surface area contributed by atoms with Crippen LogP contribution in [0.1, 0.15) is 45.5 Å². The Bertz CT molecular complexity index is 1390. The van der Waals surface area contributed by atoms with E-state index in [1.165, 1.54) is 6.07 Å². The van der Waals surface area contributed by atoms with Gasteiger partial charge in [-0.25, -0.2) is 15.0 Å². The Morgan fingerprint density at radius 1 is 1.22 bits per heavy atom. The summed E-state index contributed by atoms with van der Waals surface area (Å²) in [7, 11) is 1.65. The van der Waals surface area contributed by atoms with Gasteiger partial charge >= 0.3 is 6.18 Å². The number of hydrogen-bond acceptors (Lipinski definition) is 5. The molecule has 0 fully saturated rings. The number of carbonyl (C=O) groups excluding carboxylic acids is 1. The zero-order valence-electron chi connectivity index (χ0n) is 17.3. The summed E-state index contributed by atoms with van der Waals surface area (Å²) in [5, 5.41) is 0. The monoisotopic (exact) mass is 440 g/mol. The van der Waals surface area contributed by atoms with Gasteiger partial charge in [-0.15, -0.1) is 0 Å². The number of carbonyl (C=O) groups is 1. The van der Waals surface area contributed by atoms with Crippen molar-refractivity contribution in [2.24, 2.45) is 0 Å². The number of nitrogens with two attached hydrogens (primary N) is 1. The fraction of sp³-hybridized carbons (Fsp3) is 0.273. The van der Waals surface area contributed by atoms with E-state index in [1.807, 2.05) is 6.92 Å². The number of alkyl halides is 3. The largest absolute Gasteiger partial charge is 0.433 e. The van der Waals surface area contributed by atoms with Gasteiger partial charge in [0.1, 0.15) is 23.4 Å². The number of aryl methyl sites for hydroxylation is 2. The van der Waals surface area contributed by atoms with Crippen LogP contribution in [0.4, 0.5) is 19.0 Å². The molecule has 32 heavy (non-hydrogen) atoms. The average Bonchev–Trinajstić information content (AvgIpc) is 3.35. The Hall–Kier alpha value is -3.69. The maximum atomic E-state index is 13.3. The van der Waals surface area contributed by atoms with Crippen molar-refractivity contribution in [1.82, 2.24) is 24.3 Å². The molecule has 1 atom stereocenters. The Kier molecular flexibility index (Phi) is 4.37. The average molecular weight is 440 g/mol. The summed E-state index contributed by atoms with van der Waals surface area (Å²) in [6.45, 7) is 1.83. The minimum atomic E-state index is -4.49. The molecule has 1 amide bonds. The second-order valence-electron chi connectivity index (χ2n) is 7.95. The predicted octanol–water partition coefficient (Wildman–Crippen LogP) is 3.95. The van der Waals surface area contributed by atoms with Gasteiger partial charge in [0.15, 0.2) is 0 Å². The van der Waals surface area contributed by atoms with Crippen LogP contribution in [0.3, 0.4) is 0 Å². The zero-order chi connectivity index (χ0) is 22.8. The van der Waals surface area contributed by atoms with E-state index >= 15 is 0 Å². The summed E-state index contributed by atoms with van der Waals surface area (Å²) in [5.74, 6) is 0.114. The summed E-state index contributed by atoms with van der Waals surface area (Å²) in [6, 6.07) is 7.18. The highest BCUT2D eigenvalue weighted by atomic mass is 19.4. The summed E-state index contributed by atoms with van der Waals surface area (Å²) in [5.41, 5.74) is 9.36. The maximum absolute atomic E-state index is 13.3. The van der Waals surface area contributed by atoms with Crippen LogP contribution < -0.4 is 5.73 Å². The minimum absolute atomic E-state index is 0.244. The molecule has 5 rings (SSSR count). The quantitative estimate of drug-likeness (QED) is 0.510. The molecule has 7 nitrogen and oxygen atoms in total. The van der Waals surface area contributed by atoms with Gasteiger partial charge in [-0.1, -0.05) is 6.07 Å². The van der Waals surface area contributed by atoms with Crippen molar-refractivity contribution in [1.29, 1.82) is 0 Å². The highest BCUT2D eigenvalue weighted by Gasteiger charge is 2.36. The number of rotatable bonds is 2. The SMILES string of the molecule is Cc1ncn2c1c(N)nc1ccc(C(=O)N(C)[C@@H]3CCc4nc(C(F)(F)F)ccc43)cc12. The van der Waals surface area contributed by atoms with E-state index in [4.69, 9.17) is 5.73 Å². The van der Waals surface area contributed by atoms with Crippen molar-refractivity contribution in [2.75, 3.05) is 12.8 Å². The van der Waals surface area contributed by atoms with Gasteiger partial charge < -0.3 is 10.6 Å². The van der Waals surface area contributed by atoms with Gasteiger partial charge in [0.25, 0.3) is 5.91 Å². The Balaban J connectivity index is 1.50. The first-order chi connectivity index (χ1) is 15.1. The van der Waals surface area contributed by atoms with Gasteiger partial charge in [-0.2, -0.15) is 13.2 Å². The molecule has 164 valence electrons. The molecule has 1 aliphatic rings. The molecule has 0 radical (unpaired) electrons. The van der Waals surface area contributed by atoms with Crippen LogP contribution in [0.2, 0.25) is 0 Å². The number of benzene rings is 1. The van der Waals surface area contributed by atoms with E-state index in [2.05, 4.69) is 15.0 Å². The Labute approximate surface area is 180 Å². The first kappa shape index (κ1) is 20.2. The van der Waals surface area contributed by atoms with Crippen LogP contribution in [0.25, 0.3) is 16.6 Å². The lowest BCUT2D eigenvalue weighted by atomic mass is 10.1. The molecule has 1 aliphatic carbocycles. The molecular formula is C22H19F3N6O. The number of fused-ring (bicyclic) bond motifs is 4. The number of hydrogen-bond donors (Lipinski definition) is 1. The summed E-state index contributed by atoms with van der Waals surface area (Å²) >= 11 is 0. The maximum Gasteiger partial charge on any atom is 0.433 e. The van der Waals surface area contributed by atoms with E-state index in [1.54, 1.807) is 40.9 Å². The molecular weight excluding hydrogens is 421 g/mol. The van der Waals surface area contributed by atoms with E-state index in [-0.39, 0.29) is 11.9 Å². The lowest BCUT2D eigenvalue weighted by Crippen LogP contribution is -2.30. The number of pyridine rings is 1. The smallest absolute Gasteiger partial charge is 0.382 e. The topological polar surface area (TPSA) is 89.4 Å². The first-order valence-electron chi connectivity index (χ1n) is 10.0. The highest BCUT2D eigenvalue weighted by Crippen LogP contribution is 2.37. The standard InChI is InChI=1S/C22H19F3N6O/c1-11-19-20(26)29-15-5-3-12(9-17(15)31(19)10-27-11)21(32)30(2)16-7-6-14-13(16)4-8-18(28-14)22(23,24)25/h3-5,8-10,16H,6-7H2,1-2H3,(H2,26,29)/t16-/m1/s1. The molecule has 0 saturated carbocycles. The first-order valence-corrected chi connectivity index (χ1v) is 10.0. The van der Waals surface area contributed by atoms with Crippen LogP contribution >= 0.6 is 0 Å². The van der Waals surface area contributed by atoms with Gasteiger partial charge in [-0.05, 0) is 49.6 Å². The fourth-order valence-corrected chi connectivity index (χ4v) is 4.41. The molecule has 3 aromatic heterocycles. The molecule has 3 heterocycles. The predicted molar refractivity (Wildman–Crippen MR) is 112 cm³/mol. The van der Waals surface area contributed by atoms with E-state index < -0.39 is 11.9 Å². The van der Waals surface area contributed by atoms with E-state index in [9.17, 15) is 18.0 Å². The van der Waals surface area contributed by atoms with Gasteiger partial charge in [0.05, 0.1) is 22.8 Å². The number of imidazole rings is 1. The molecule has 0 saturated heterocycles. The molecule has 2 N–H and O–H groups in total. The summed E-state index contributed by atoms with van der Waals surface area (Å²) < 4.78 is 40.7. The highest BCUT2D eigenvalue weighted by molar-refractivity contribution is 5.98. The van der Waals surface area contributed by atoms with Crippen molar-refractivity contribution in [2.45, 2.75) is 32.0 Å². The summed E-state index contributed by atoms with van der Waals surface area (Å²) in [6.07, 6.45) is -1.95. The van der Waals surface area contributed by atoms with Crippen molar-refractivity contribution in [3.63, 3.8) is 0 Å². The molecule has 0 spiro atoms. The third-order valence-corrected chi connectivity index (χ3v) is 6.02. The summed E-state index contributed by atoms with van der Waals surface area (Å²) in [4.78, 5) is 27.3. The van der Waals surface area contributed by atoms with Crippen LogP contribution in [0.15, 0.2) is 36.7 Å². The van der Waals surface area contributed by atoms with Gasteiger partial charge in [0, 0.05) is 18.3 Å². The number of nitrogen functional groups attached to an aromatic ring is 1.